The lowest BCUT2D eigenvalue weighted by molar-refractivity contribution is -0.139. The molecule has 0 aliphatic heterocycles. The first-order chi connectivity index (χ1) is 15.8. The maximum Gasteiger partial charge on any atom is 0.305 e. The van der Waals surface area contributed by atoms with Crippen molar-refractivity contribution in [2.45, 2.75) is 51.4 Å². The van der Waals surface area contributed by atoms with E-state index in [0.29, 0.717) is 6.54 Å². The average molecular weight is 453 g/mol. The second-order valence-corrected chi connectivity index (χ2v) is 8.29. The normalized spacial score (nSPS) is 13.5. The van der Waals surface area contributed by atoms with Crippen molar-refractivity contribution in [1.82, 2.24) is 9.55 Å². The lowest BCUT2D eigenvalue weighted by Gasteiger charge is -2.14. The Balaban J connectivity index is 1.98. The van der Waals surface area contributed by atoms with Crippen LogP contribution in [0.3, 0.4) is 0 Å². The van der Waals surface area contributed by atoms with Gasteiger partial charge in [-0.25, -0.2) is 9.37 Å². The zero-order valence-electron chi connectivity index (χ0n) is 18.7. The van der Waals surface area contributed by atoms with E-state index in [1.807, 2.05) is 48.7 Å². The van der Waals surface area contributed by atoms with E-state index in [0.717, 1.165) is 28.3 Å². The van der Waals surface area contributed by atoms with Gasteiger partial charge in [0.1, 0.15) is 11.6 Å². The van der Waals surface area contributed by atoms with Crippen molar-refractivity contribution in [2.24, 2.45) is 0 Å². The summed E-state index contributed by atoms with van der Waals surface area (Å²) in [6.45, 7) is 4.48. The Kier molecular flexibility index (Phi) is 8.14. The first-order valence-corrected chi connectivity index (χ1v) is 10.9. The van der Waals surface area contributed by atoms with Gasteiger partial charge in [-0.2, -0.15) is 0 Å². The van der Waals surface area contributed by atoms with Crippen LogP contribution in [-0.2, 0) is 11.3 Å². The van der Waals surface area contributed by atoms with Gasteiger partial charge in [-0.05, 0) is 24.3 Å². The number of aromatic nitrogens is 2. The van der Waals surface area contributed by atoms with Gasteiger partial charge >= 0.3 is 5.97 Å². The molecule has 2 aromatic carbocycles. The van der Waals surface area contributed by atoms with Crippen LogP contribution in [0.5, 0.6) is 0 Å². The predicted octanol–water partition coefficient (Wildman–Crippen LogP) is 4.62. The van der Waals surface area contributed by atoms with E-state index in [2.05, 4.69) is 0 Å². The Hall–Kier alpha value is -3.29. The number of benzene rings is 2. The number of halogens is 1. The number of nitrogens with zero attached hydrogens (tertiary/aromatic N) is 2. The van der Waals surface area contributed by atoms with Gasteiger partial charge in [0.25, 0.3) is 0 Å². The van der Waals surface area contributed by atoms with Gasteiger partial charge in [0.2, 0.25) is 0 Å². The molecule has 0 saturated carbocycles. The van der Waals surface area contributed by atoms with Crippen LogP contribution in [0.1, 0.15) is 38.4 Å². The topological polar surface area (TPSA) is 95.6 Å². The summed E-state index contributed by atoms with van der Waals surface area (Å²) in [5.74, 6) is -0.482. The molecular formula is C26H29FN2O4. The molecule has 0 aliphatic carbocycles. The minimum atomic E-state index is -1.12. The number of carbonyl (C=O) groups is 1. The molecule has 0 aliphatic rings. The van der Waals surface area contributed by atoms with E-state index in [-0.39, 0.29) is 18.2 Å². The van der Waals surface area contributed by atoms with Crippen LogP contribution < -0.4 is 0 Å². The summed E-state index contributed by atoms with van der Waals surface area (Å²) >= 11 is 0. The van der Waals surface area contributed by atoms with E-state index >= 15 is 0 Å². The van der Waals surface area contributed by atoms with Crippen molar-refractivity contribution < 1.29 is 24.5 Å². The highest BCUT2D eigenvalue weighted by Gasteiger charge is 2.21. The third kappa shape index (κ3) is 6.37. The highest BCUT2D eigenvalue weighted by molar-refractivity contribution is 5.79. The smallest absolute Gasteiger partial charge is 0.305 e. The van der Waals surface area contributed by atoms with Crippen molar-refractivity contribution in [3.8, 4) is 22.5 Å². The Labute approximate surface area is 192 Å². The first kappa shape index (κ1) is 24.4. The van der Waals surface area contributed by atoms with Crippen molar-refractivity contribution in [2.75, 3.05) is 0 Å². The largest absolute Gasteiger partial charge is 0.481 e. The van der Waals surface area contributed by atoms with Crippen LogP contribution in [-0.4, -0.2) is 43.0 Å². The molecule has 6 nitrogen and oxygen atoms in total. The second-order valence-electron chi connectivity index (χ2n) is 8.29. The van der Waals surface area contributed by atoms with Gasteiger partial charge in [0, 0.05) is 30.0 Å². The molecule has 2 unspecified atom stereocenters. The number of carboxylic acid groups (broad SMARTS) is 1. The highest BCUT2D eigenvalue weighted by Crippen LogP contribution is 2.35. The molecule has 7 heteroatoms. The third-order valence-electron chi connectivity index (χ3n) is 5.25. The molecular weight excluding hydrogens is 423 g/mol. The fourth-order valence-corrected chi connectivity index (χ4v) is 3.76. The van der Waals surface area contributed by atoms with Crippen LogP contribution in [0.15, 0.2) is 66.7 Å². The predicted molar refractivity (Wildman–Crippen MR) is 125 cm³/mol. The number of aliphatic hydroxyl groups excluding tert-OH is 2. The van der Waals surface area contributed by atoms with Crippen LogP contribution in [0.25, 0.3) is 22.5 Å². The summed E-state index contributed by atoms with van der Waals surface area (Å²) < 4.78 is 15.7. The summed E-state index contributed by atoms with van der Waals surface area (Å²) in [5.41, 5.74) is 3.39. The third-order valence-corrected chi connectivity index (χ3v) is 5.25. The maximum absolute atomic E-state index is 13.6. The molecule has 33 heavy (non-hydrogen) atoms. The van der Waals surface area contributed by atoms with E-state index in [4.69, 9.17) is 10.1 Å². The van der Waals surface area contributed by atoms with E-state index in [9.17, 15) is 19.4 Å². The second kappa shape index (κ2) is 11.0. The van der Waals surface area contributed by atoms with Crippen LogP contribution in [0, 0.1) is 5.82 Å². The summed E-state index contributed by atoms with van der Waals surface area (Å²) in [6, 6.07) is 16.1. The van der Waals surface area contributed by atoms with Crippen LogP contribution in [0.2, 0.25) is 0 Å². The molecule has 0 bridgehead atoms. The molecule has 1 heterocycles. The minimum absolute atomic E-state index is 0.0656. The molecule has 174 valence electrons. The number of aliphatic hydroxyl groups is 2. The number of allylic oxidation sites excluding steroid dienone is 1. The number of hydrogen-bond donors (Lipinski definition) is 3. The SMILES string of the molecule is CC(C)c1nc(-c2ccccc2)c(-c2ccc(F)cc2)n1C/C=C/C(O)CC(O)CC(=O)O. The van der Waals surface area contributed by atoms with Crippen LogP contribution >= 0.6 is 0 Å². The molecule has 1 aromatic heterocycles. The summed E-state index contributed by atoms with van der Waals surface area (Å²) in [6.07, 6.45) is 0.733. The summed E-state index contributed by atoms with van der Waals surface area (Å²) in [7, 11) is 0. The van der Waals surface area contributed by atoms with E-state index < -0.39 is 24.6 Å². The number of hydrogen-bond acceptors (Lipinski definition) is 4. The Morgan fingerprint density at radius 2 is 1.73 bits per heavy atom. The molecule has 0 amide bonds. The Morgan fingerprint density at radius 1 is 1.06 bits per heavy atom. The Morgan fingerprint density at radius 3 is 2.33 bits per heavy atom. The fraction of sp³-hybridized carbons (Fsp3) is 0.308. The minimum Gasteiger partial charge on any atom is -0.481 e. The number of imidazole rings is 1. The van der Waals surface area contributed by atoms with E-state index in [1.54, 1.807) is 24.3 Å². The highest BCUT2D eigenvalue weighted by atomic mass is 19.1. The van der Waals surface area contributed by atoms with Gasteiger partial charge < -0.3 is 19.9 Å². The van der Waals surface area contributed by atoms with Crippen molar-refractivity contribution in [3.05, 3.63) is 78.4 Å². The molecule has 3 N–H and O–H groups in total. The molecule has 0 radical (unpaired) electrons. The number of carboxylic acids is 1. The lowest BCUT2D eigenvalue weighted by atomic mass is 10.0. The zero-order chi connectivity index (χ0) is 24.0. The Bertz CT molecular complexity index is 1090. The van der Waals surface area contributed by atoms with Crippen molar-refractivity contribution >= 4 is 5.97 Å². The summed E-state index contributed by atoms with van der Waals surface area (Å²) in [4.78, 5) is 15.6. The van der Waals surface area contributed by atoms with Crippen LogP contribution in [0.4, 0.5) is 4.39 Å². The fourth-order valence-electron chi connectivity index (χ4n) is 3.76. The van der Waals surface area contributed by atoms with Gasteiger partial charge in [0.15, 0.2) is 0 Å². The van der Waals surface area contributed by atoms with Crippen molar-refractivity contribution in [3.63, 3.8) is 0 Å². The zero-order valence-corrected chi connectivity index (χ0v) is 18.7. The van der Waals surface area contributed by atoms with Gasteiger partial charge in [0.05, 0.1) is 30.0 Å². The number of aliphatic carboxylic acids is 1. The van der Waals surface area contributed by atoms with Gasteiger partial charge in [-0.1, -0.05) is 56.3 Å². The molecule has 0 spiro atoms. The van der Waals surface area contributed by atoms with Gasteiger partial charge in [-0.3, -0.25) is 4.79 Å². The van der Waals surface area contributed by atoms with E-state index in [1.165, 1.54) is 12.1 Å². The number of rotatable bonds is 10. The summed E-state index contributed by atoms with van der Waals surface area (Å²) in [5, 5.41) is 28.7. The maximum atomic E-state index is 13.6. The molecule has 0 saturated heterocycles. The average Bonchev–Trinajstić information content (AvgIpc) is 3.14. The molecule has 0 fully saturated rings. The lowest BCUT2D eigenvalue weighted by Crippen LogP contribution is -2.19. The van der Waals surface area contributed by atoms with Crippen molar-refractivity contribution in [1.29, 1.82) is 0 Å². The quantitative estimate of drug-likeness (QED) is 0.390. The first-order valence-electron chi connectivity index (χ1n) is 10.9. The monoisotopic (exact) mass is 452 g/mol. The standard InChI is InChI=1S/C26H29FN2O4/c1-17(2)26-28-24(18-7-4-3-5-8-18)25(19-10-12-20(27)13-11-19)29(26)14-6-9-21(30)15-22(31)16-23(32)33/h3-13,17,21-22,30-31H,14-16H2,1-2H3,(H,32,33)/b9-6+. The molecule has 3 rings (SSSR count). The molecule has 3 aromatic rings. The molecule has 2 atom stereocenters. The van der Waals surface area contributed by atoms with Gasteiger partial charge in [-0.15, -0.1) is 0 Å².